The second kappa shape index (κ2) is 5.82. The van der Waals surface area contributed by atoms with Crippen LogP contribution < -0.4 is 5.32 Å². The zero-order valence-corrected chi connectivity index (χ0v) is 11.1. The Bertz CT molecular complexity index is 459. The molecule has 0 amide bonds. The highest BCUT2D eigenvalue weighted by Gasteiger charge is 2.31. The summed E-state index contributed by atoms with van der Waals surface area (Å²) < 4.78 is 10.6. The Kier molecular flexibility index (Phi) is 4.15. The van der Waals surface area contributed by atoms with E-state index in [0.29, 0.717) is 12.4 Å². The fourth-order valence-electron chi connectivity index (χ4n) is 1.65. The van der Waals surface area contributed by atoms with Gasteiger partial charge in [-0.25, -0.2) is 4.79 Å². The number of hydrogen-bond donors (Lipinski definition) is 1. The molecule has 4 nitrogen and oxygen atoms in total. The van der Waals surface area contributed by atoms with Crippen LogP contribution in [0.3, 0.4) is 0 Å². The predicted octanol–water partition coefficient (Wildman–Crippen LogP) is 2.18. The van der Waals surface area contributed by atoms with Crippen molar-refractivity contribution in [3.63, 3.8) is 0 Å². The van der Waals surface area contributed by atoms with Gasteiger partial charge in [0.25, 0.3) is 6.23 Å². The molecule has 0 bridgehead atoms. The molecule has 1 aliphatic rings. The van der Waals surface area contributed by atoms with Crippen molar-refractivity contribution < 1.29 is 14.3 Å². The van der Waals surface area contributed by atoms with Gasteiger partial charge in [-0.3, -0.25) is 0 Å². The van der Waals surface area contributed by atoms with Crippen molar-refractivity contribution in [3.05, 3.63) is 40.9 Å². The molecule has 0 fully saturated rings. The van der Waals surface area contributed by atoms with Crippen LogP contribution in [0.4, 0.5) is 0 Å². The van der Waals surface area contributed by atoms with Crippen LogP contribution in [0, 0.1) is 0 Å². The maximum absolute atomic E-state index is 11.6. The number of carbonyl (C=O) groups is 1. The molecule has 1 atom stereocenters. The Morgan fingerprint density at radius 1 is 1.44 bits per heavy atom. The highest BCUT2D eigenvalue weighted by atomic mass is 32.2. The van der Waals surface area contributed by atoms with E-state index in [2.05, 4.69) is 5.32 Å². The van der Waals surface area contributed by atoms with Gasteiger partial charge in [0.2, 0.25) is 0 Å². The van der Waals surface area contributed by atoms with Crippen molar-refractivity contribution in [2.75, 3.05) is 12.9 Å². The first kappa shape index (κ1) is 12.8. The highest BCUT2D eigenvalue weighted by Crippen LogP contribution is 2.31. The molecule has 0 saturated carbocycles. The van der Waals surface area contributed by atoms with Gasteiger partial charge in [-0.05, 0) is 13.2 Å². The molecule has 0 radical (unpaired) electrons. The van der Waals surface area contributed by atoms with Crippen molar-refractivity contribution in [1.29, 1.82) is 0 Å². The van der Waals surface area contributed by atoms with Crippen LogP contribution >= 0.6 is 11.8 Å². The van der Waals surface area contributed by atoms with E-state index in [1.165, 1.54) is 11.8 Å². The lowest BCUT2D eigenvalue weighted by molar-refractivity contribution is -0.152. The van der Waals surface area contributed by atoms with E-state index in [1.54, 1.807) is 6.92 Å². The largest absolute Gasteiger partial charge is 0.462 e. The lowest BCUT2D eigenvalue weighted by Crippen LogP contribution is -2.34. The average Bonchev–Trinajstić information content (AvgIpc) is 2.84. The molecule has 1 aromatic carbocycles. The second-order valence-electron chi connectivity index (χ2n) is 3.62. The molecule has 1 unspecified atom stereocenters. The Morgan fingerprint density at radius 3 is 2.78 bits per heavy atom. The zero-order valence-electron chi connectivity index (χ0n) is 10.3. The van der Waals surface area contributed by atoms with Gasteiger partial charge in [-0.1, -0.05) is 30.3 Å². The van der Waals surface area contributed by atoms with Gasteiger partial charge in [0.15, 0.2) is 5.76 Å². The number of nitrogens with one attached hydrogen (secondary N) is 1. The Hall–Kier alpha value is -1.62. The van der Waals surface area contributed by atoms with Crippen LogP contribution in [0.5, 0.6) is 0 Å². The number of carbonyl (C=O) groups excluding carboxylic acids is 1. The van der Waals surface area contributed by atoms with Crippen molar-refractivity contribution in [3.8, 4) is 0 Å². The van der Waals surface area contributed by atoms with Gasteiger partial charge < -0.3 is 14.8 Å². The summed E-state index contributed by atoms with van der Waals surface area (Å²) in [5.41, 5.74) is 0.946. The van der Waals surface area contributed by atoms with E-state index >= 15 is 0 Å². The molecule has 1 aliphatic heterocycles. The Labute approximate surface area is 110 Å². The van der Waals surface area contributed by atoms with Gasteiger partial charge in [0, 0.05) is 5.56 Å². The number of hydrogen-bond acceptors (Lipinski definition) is 5. The first-order chi connectivity index (χ1) is 8.76. The normalized spacial score (nSPS) is 18.2. The van der Waals surface area contributed by atoms with E-state index in [-0.39, 0.29) is 0 Å². The minimum Gasteiger partial charge on any atom is -0.462 e. The first-order valence-electron chi connectivity index (χ1n) is 5.69. The minimum absolute atomic E-state index is 0.343. The number of ether oxygens (including phenoxy) is 2. The van der Waals surface area contributed by atoms with Crippen LogP contribution in [0.15, 0.2) is 35.4 Å². The monoisotopic (exact) mass is 265 g/mol. The van der Waals surface area contributed by atoms with Crippen LogP contribution in [0.1, 0.15) is 12.5 Å². The van der Waals surface area contributed by atoms with Crippen molar-refractivity contribution in [2.24, 2.45) is 0 Å². The lowest BCUT2D eigenvalue weighted by Gasteiger charge is -2.11. The summed E-state index contributed by atoms with van der Waals surface area (Å²) in [7, 11) is 0. The Morgan fingerprint density at radius 2 is 2.17 bits per heavy atom. The fraction of sp³-hybridized carbons (Fsp3) is 0.308. The van der Waals surface area contributed by atoms with Crippen molar-refractivity contribution in [2.45, 2.75) is 13.2 Å². The molecule has 2 rings (SSSR count). The molecule has 1 heterocycles. The number of rotatable bonds is 4. The van der Waals surface area contributed by atoms with Crippen LogP contribution in [-0.2, 0) is 14.3 Å². The van der Waals surface area contributed by atoms with Crippen LogP contribution in [0.25, 0.3) is 5.76 Å². The van der Waals surface area contributed by atoms with Crippen molar-refractivity contribution >= 4 is 23.5 Å². The van der Waals surface area contributed by atoms with Gasteiger partial charge in [-0.2, -0.15) is 0 Å². The second-order valence-corrected chi connectivity index (χ2v) is 4.44. The fourth-order valence-corrected chi connectivity index (χ4v) is 2.23. The molecule has 0 spiro atoms. The van der Waals surface area contributed by atoms with E-state index < -0.39 is 12.2 Å². The van der Waals surface area contributed by atoms with E-state index in [0.717, 1.165) is 10.6 Å². The summed E-state index contributed by atoms with van der Waals surface area (Å²) in [5.74, 6) is 0.302. The summed E-state index contributed by atoms with van der Waals surface area (Å²) in [6, 6.07) is 9.69. The standard InChI is InChI=1S/C13H15NO3S/c1-3-16-13(15)11-14-12(18-2)10(17-11)9-7-5-4-6-8-9/h4-8,11,14H,3H2,1-2H3. The van der Waals surface area contributed by atoms with Crippen molar-refractivity contribution in [1.82, 2.24) is 5.32 Å². The van der Waals surface area contributed by atoms with E-state index in [9.17, 15) is 4.79 Å². The Balaban J connectivity index is 2.17. The molecule has 0 aliphatic carbocycles. The summed E-state index contributed by atoms with van der Waals surface area (Å²) in [5, 5.41) is 3.87. The number of esters is 1. The third kappa shape index (κ3) is 2.61. The minimum atomic E-state index is -0.748. The van der Waals surface area contributed by atoms with Gasteiger partial charge in [0.05, 0.1) is 6.61 Å². The van der Waals surface area contributed by atoms with E-state index in [4.69, 9.17) is 9.47 Å². The van der Waals surface area contributed by atoms with E-state index in [1.807, 2.05) is 36.6 Å². The molecular weight excluding hydrogens is 250 g/mol. The first-order valence-corrected chi connectivity index (χ1v) is 6.92. The molecule has 5 heteroatoms. The quantitative estimate of drug-likeness (QED) is 0.846. The molecular formula is C13H15NO3S. The topological polar surface area (TPSA) is 47.6 Å². The molecule has 0 saturated heterocycles. The van der Waals surface area contributed by atoms with Crippen LogP contribution in [0.2, 0.25) is 0 Å². The van der Waals surface area contributed by atoms with Gasteiger partial charge in [0.1, 0.15) is 5.03 Å². The number of thioether (sulfide) groups is 1. The third-order valence-electron chi connectivity index (χ3n) is 2.44. The SMILES string of the molecule is CCOC(=O)C1NC(SC)=C(c2ccccc2)O1. The predicted molar refractivity (Wildman–Crippen MR) is 71.5 cm³/mol. The molecule has 0 aromatic heterocycles. The summed E-state index contributed by atoms with van der Waals surface area (Å²) >= 11 is 1.51. The maximum Gasteiger partial charge on any atom is 0.369 e. The maximum atomic E-state index is 11.6. The average molecular weight is 265 g/mol. The highest BCUT2D eigenvalue weighted by molar-refractivity contribution is 8.02. The smallest absolute Gasteiger partial charge is 0.369 e. The molecule has 1 aromatic rings. The van der Waals surface area contributed by atoms with Crippen LogP contribution in [-0.4, -0.2) is 25.1 Å². The summed E-state index contributed by atoms with van der Waals surface area (Å²) in [6.07, 6.45) is 1.19. The van der Waals surface area contributed by atoms with Gasteiger partial charge >= 0.3 is 5.97 Å². The lowest BCUT2D eigenvalue weighted by atomic mass is 10.2. The number of benzene rings is 1. The zero-order chi connectivity index (χ0) is 13.0. The molecule has 18 heavy (non-hydrogen) atoms. The molecule has 1 N–H and O–H groups in total. The summed E-state index contributed by atoms with van der Waals surface area (Å²) in [4.78, 5) is 11.6. The molecule has 96 valence electrons. The van der Waals surface area contributed by atoms with Gasteiger partial charge in [-0.15, -0.1) is 11.8 Å². The summed E-state index contributed by atoms with van der Waals surface area (Å²) in [6.45, 7) is 2.11. The third-order valence-corrected chi connectivity index (χ3v) is 3.16.